The van der Waals surface area contributed by atoms with E-state index < -0.39 is 0 Å². The first-order chi connectivity index (χ1) is 14.2. The third-order valence-corrected chi connectivity index (χ3v) is 5.20. The van der Waals surface area contributed by atoms with Crippen molar-refractivity contribution in [3.05, 3.63) is 90.0 Å². The molecule has 0 spiro atoms. The number of carbonyl (C=O) groups is 1. The number of aromatic amines is 1. The van der Waals surface area contributed by atoms with Crippen LogP contribution in [0.4, 0.5) is 0 Å². The first-order valence-electron chi connectivity index (χ1n) is 10.4. The zero-order chi connectivity index (χ0) is 20.5. The van der Waals surface area contributed by atoms with Crippen molar-refractivity contribution < 1.29 is 4.79 Å². The molecule has 5 heteroatoms. The van der Waals surface area contributed by atoms with Crippen molar-refractivity contribution in [2.75, 3.05) is 13.1 Å². The lowest BCUT2D eigenvalue weighted by atomic mass is 9.94. The average Bonchev–Trinajstić information content (AvgIpc) is 3.31. The van der Waals surface area contributed by atoms with Gasteiger partial charge in [-0.2, -0.15) is 0 Å². The van der Waals surface area contributed by atoms with Gasteiger partial charge in [-0.05, 0) is 30.5 Å². The molecule has 5 nitrogen and oxygen atoms in total. The monoisotopic (exact) mass is 390 g/mol. The number of amides is 1. The fraction of sp³-hybridized carbons (Fsp3) is 0.333. The molecule has 0 radical (unpaired) electrons. The Kier molecular flexibility index (Phi) is 7.59. The predicted molar refractivity (Wildman–Crippen MR) is 117 cm³/mol. The normalized spacial score (nSPS) is 12.3. The standard InChI is InChI=1S/C24H30N4O/c1-3-17-28(21(4-2)18-27-24(29)23-25-15-16-26-23)22(19-11-7-5-8-12-19)20-13-9-6-10-14-20/h5-16,21-22H,3-4,17-18H2,1-2H3,(H,25,26)(H,27,29). The summed E-state index contributed by atoms with van der Waals surface area (Å²) in [6.45, 7) is 5.91. The number of imidazole rings is 1. The summed E-state index contributed by atoms with van der Waals surface area (Å²) in [6.07, 6.45) is 5.24. The number of H-pyrrole nitrogens is 1. The molecule has 1 unspecified atom stereocenters. The molecular formula is C24H30N4O. The quantitative estimate of drug-likeness (QED) is 0.539. The van der Waals surface area contributed by atoms with E-state index in [0.717, 1.165) is 19.4 Å². The van der Waals surface area contributed by atoms with E-state index in [1.54, 1.807) is 12.4 Å². The summed E-state index contributed by atoms with van der Waals surface area (Å²) in [5.41, 5.74) is 2.53. The molecular weight excluding hydrogens is 360 g/mol. The molecule has 0 saturated heterocycles. The second kappa shape index (κ2) is 10.6. The molecule has 152 valence electrons. The highest BCUT2D eigenvalue weighted by atomic mass is 16.2. The van der Waals surface area contributed by atoms with E-state index in [0.29, 0.717) is 12.4 Å². The maximum atomic E-state index is 12.4. The number of aromatic nitrogens is 2. The summed E-state index contributed by atoms with van der Waals surface area (Å²) in [5, 5.41) is 3.06. The Morgan fingerprint density at radius 1 is 1.03 bits per heavy atom. The zero-order valence-corrected chi connectivity index (χ0v) is 17.2. The highest BCUT2D eigenvalue weighted by Gasteiger charge is 2.28. The fourth-order valence-corrected chi connectivity index (χ4v) is 3.81. The minimum atomic E-state index is -0.166. The Labute approximate surface area is 173 Å². The molecule has 0 aliphatic rings. The lowest BCUT2D eigenvalue weighted by Crippen LogP contribution is -2.46. The van der Waals surface area contributed by atoms with E-state index >= 15 is 0 Å². The molecule has 0 bridgehead atoms. The first kappa shape index (κ1) is 20.8. The summed E-state index contributed by atoms with van der Waals surface area (Å²) in [6, 6.07) is 21.6. The van der Waals surface area contributed by atoms with Gasteiger partial charge in [0.25, 0.3) is 5.91 Å². The molecule has 1 heterocycles. The van der Waals surface area contributed by atoms with Gasteiger partial charge in [0.1, 0.15) is 0 Å². The van der Waals surface area contributed by atoms with Gasteiger partial charge in [0.15, 0.2) is 5.82 Å². The zero-order valence-electron chi connectivity index (χ0n) is 17.2. The van der Waals surface area contributed by atoms with E-state index in [1.165, 1.54) is 11.1 Å². The van der Waals surface area contributed by atoms with E-state index in [9.17, 15) is 4.79 Å². The van der Waals surface area contributed by atoms with Gasteiger partial charge < -0.3 is 10.3 Å². The topological polar surface area (TPSA) is 61.0 Å². The second-order valence-electron chi connectivity index (χ2n) is 7.17. The number of nitrogens with zero attached hydrogens (tertiary/aromatic N) is 2. The van der Waals surface area contributed by atoms with Crippen LogP contribution in [0.2, 0.25) is 0 Å². The molecule has 2 N–H and O–H groups in total. The highest BCUT2D eigenvalue weighted by molar-refractivity contribution is 5.90. The number of rotatable bonds is 10. The molecule has 0 fully saturated rings. The van der Waals surface area contributed by atoms with Gasteiger partial charge in [-0.15, -0.1) is 0 Å². The summed E-state index contributed by atoms with van der Waals surface area (Å²) >= 11 is 0. The molecule has 1 amide bonds. The van der Waals surface area contributed by atoms with Crippen LogP contribution >= 0.6 is 0 Å². The molecule has 29 heavy (non-hydrogen) atoms. The molecule has 3 aromatic rings. The Balaban J connectivity index is 1.87. The Bertz CT molecular complexity index is 810. The Morgan fingerprint density at radius 2 is 1.66 bits per heavy atom. The van der Waals surface area contributed by atoms with Crippen LogP contribution in [-0.2, 0) is 0 Å². The van der Waals surface area contributed by atoms with Gasteiger partial charge in [-0.1, -0.05) is 74.5 Å². The van der Waals surface area contributed by atoms with E-state index in [-0.39, 0.29) is 18.0 Å². The van der Waals surface area contributed by atoms with Crippen molar-refractivity contribution in [3.8, 4) is 0 Å². The van der Waals surface area contributed by atoms with Crippen LogP contribution in [0, 0.1) is 0 Å². The maximum Gasteiger partial charge on any atom is 0.287 e. The van der Waals surface area contributed by atoms with Crippen molar-refractivity contribution in [2.45, 2.75) is 38.8 Å². The highest BCUT2D eigenvalue weighted by Crippen LogP contribution is 2.31. The third-order valence-electron chi connectivity index (χ3n) is 5.20. The number of hydrogen-bond acceptors (Lipinski definition) is 3. The van der Waals surface area contributed by atoms with Crippen LogP contribution < -0.4 is 5.32 Å². The van der Waals surface area contributed by atoms with Gasteiger partial charge in [0, 0.05) is 25.0 Å². The van der Waals surface area contributed by atoms with E-state index in [1.807, 2.05) is 0 Å². The fourth-order valence-electron chi connectivity index (χ4n) is 3.81. The molecule has 1 aromatic heterocycles. The summed E-state index contributed by atoms with van der Waals surface area (Å²) < 4.78 is 0. The number of carbonyl (C=O) groups excluding carboxylic acids is 1. The largest absolute Gasteiger partial charge is 0.348 e. The first-order valence-corrected chi connectivity index (χ1v) is 10.4. The summed E-state index contributed by atoms with van der Waals surface area (Å²) in [7, 11) is 0. The maximum absolute atomic E-state index is 12.4. The van der Waals surface area contributed by atoms with Crippen LogP contribution in [0.3, 0.4) is 0 Å². The third kappa shape index (κ3) is 5.33. The van der Waals surface area contributed by atoms with Crippen molar-refractivity contribution in [2.24, 2.45) is 0 Å². The van der Waals surface area contributed by atoms with Gasteiger partial charge in [-0.25, -0.2) is 4.98 Å². The molecule has 3 rings (SSSR count). The van der Waals surface area contributed by atoms with Gasteiger partial charge in [-0.3, -0.25) is 9.69 Å². The van der Waals surface area contributed by atoms with E-state index in [4.69, 9.17) is 0 Å². The van der Waals surface area contributed by atoms with Crippen LogP contribution in [0.5, 0.6) is 0 Å². The minimum Gasteiger partial charge on any atom is -0.348 e. The predicted octanol–water partition coefficient (Wildman–Crippen LogP) is 4.42. The van der Waals surface area contributed by atoms with E-state index in [2.05, 4.69) is 94.7 Å². The molecule has 0 aliphatic carbocycles. The number of benzene rings is 2. The summed E-state index contributed by atoms with van der Waals surface area (Å²) in [5.74, 6) is 0.186. The number of nitrogens with one attached hydrogen (secondary N) is 2. The molecule has 2 aromatic carbocycles. The lowest BCUT2D eigenvalue weighted by molar-refractivity contribution is 0.0907. The lowest BCUT2D eigenvalue weighted by Gasteiger charge is -2.38. The van der Waals surface area contributed by atoms with Crippen molar-refractivity contribution >= 4 is 5.91 Å². The smallest absolute Gasteiger partial charge is 0.287 e. The molecule has 1 atom stereocenters. The SMILES string of the molecule is CCCN(C(CC)CNC(=O)c1ncc[nH]1)C(c1ccccc1)c1ccccc1. The summed E-state index contributed by atoms with van der Waals surface area (Å²) in [4.78, 5) is 21.8. The number of hydrogen-bond donors (Lipinski definition) is 2. The Morgan fingerprint density at radius 3 is 2.14 bits per heavy atom. The molecule has 0 aliphatic heterocycles. The Hall–Kier alpha value is -2.92. The van der Waals surface area contributed by atoms with Crippen LogP contribution in [0.1, 0.15) is 54.5 Å². The van der Waals surface area contributed by atoms with Gasteiger partial charge in [0.05, 0.1) is 6.04 Å². The van der Waals surface area contributed by atoms with Crippen molar-refractivity contribution in [1.82, 2.24) is 20.2 Å². The minimum absolute atomic E-state index is 0.141. The second-order valence-corrected chi connectivity index (χ2v) is 7.17. The van der Waals surface area contributed by atoms with Crippen LogP contribution in [0.25, 0.3) is 0 Å². The van der Waals surface area contributed by atoms with Crippen molar-refractivity contribution in [1.29, 1.82) is 0 Å². The van der Waals surface area contributed by atoms with Crippen molar-refractivity contribution in [3.63, 3.8) is 0 Å². The molecule has 0 saturated carbocycles. The average molecular weight is 391 g/mol. The van der Waals surface area contributed by atoms with Gasteiger partial charge >= 0.3 is 0 Å². The van der Waals surface area contributed by atoms with Gasteiger partial charge in [0.2, 0.25) is 0 Å². The van der Waals surface area contributed by atoms with Crippen LogP contribution in [0.15, 0.2) is 73.1 Å². The van der Waals surface area contributed by atoms with Crippen LogP contribution in [-0.4, -0.2) is 39.9 Å².